The standard InChI is InChI=1S/C15H14O5S/c1-19-15(16)11-7-9-12(10-8-11)20-13-5-3-4-6-14(13)21(2,17)18/h3-10H,1-2H3. The first kappa shape index (κ1) is 15.1. The second-order valence-electron chi connectivity index (χ2n) is 4.34. The van der Waals surface area contributed by atoms with Gasteiger partial charge in [0, 0.05) is 6.26 Å². The molecule has 0 fully saturated rings. The Morgan fingerprint density at radius 1 is 1.00 bits per heavy atom. The summed E-state index contributed by atoms with van der Waals surface area (Å²) in [6, 6.07) is 12.6. The topological polar surface area (TPSA) is 69.7 Å². The number of methoxy groups -OCH3 is 1. The zero-order valence-electron chi connectivity index (χ0n) is 11.6. The van der Waals surface area contributed by atoms with Crippen LogP contribution >= 0.6 is 0 Å². The Bertz CT molecular complexity index is 748. The number of hydrogen-bond acceptors (Lipinski definition) is 5. The molecule has 2 aromatic rings. The van der Waals surface area contributed by atoms with Crippen molar-refractivity contribution in [3.63, 3.8) is 0 Å². The van der Waals surface area contributed by atoms with Crippen LogP contribution in [0.2, 0.25) is 0 Å². The van der Waals surface area contributed by atoms with Crippen molar-refractivity contribution in [2.75, 3.05) is 13.4 Å². The maximum Gasteiger partial charge on any atom is 0.337 e. The predicted octanol–water partition coefficient (Wildman–Crippen LogP) is 2.67. The lowest BCUT2D eigenvalue weighted by Gasteiger charge is -2.10. The van der Waals surface area contributed by atoms with Crippen LogP contribution in [0.15, 0.2) is 53.4 Å². The first-order valence-electron chi connectivity index (χ1n) is 6.07. The van der Waals surface area contributed by atoms with E-state index >= 15 is 0 Å². The van der Waals surface area contributed by atoms with Crippen LogP contribution in [0.4, 0.5) is 0 Å². The summed E-state index contributed by atoms with van der Waals surface area (Å²) in [4.78, 5) is 11.4. The monoisotopic (exact) mass is 306 g/mol. The van der Waals surface area contributed by atoms with Gasteiger partial charge in [-0.3, -0.25) is 0 Å². The van der Waals surface area contributed by atoms with Crippen molar-refractivity contribution in [3.05, 3.63) is 54.1 Å². The molecule has 0 radical (unpaired) electrons. The van der Waals surface area contributed by atoms with E-state index in [4.69, 9.17) is 4.74 Å². The fourth-order valence-electron chi connectivity index (χ4n) is 1.74. The molecule has 0 spiro atoms. The number of carbonyl (C=O) groups excluding carboxylic acids is 1. The molecular weight excluding hydrogens is 292 g/mol. The van der Waals surface area contributed by atoms with Gasteiger partial charge in [-0.2, -0.15) is 0 Å². The highest BCUT2D eigenvalue weighted by Crippen LogP contribution is 2.28. The Morgan fingerprint density at radius 3 is 2.19 bits per heavy atom. The van der Waals surface area contributed by atoms with Crippen LogP contribution in [-0.2, 0) is 14.6 Å². The van der Waals surface area contributed by atoms with E-state index in [1.807, 2.05) is 0 Å². The summed E-state index contributed by atoms with van der Waals surface area (Å²) in [6.45, 7) is 0. The second-order valence-corrected chi connectivity index (χ2v) is 6.32. The highest BCUT2D eigenvalue weighted by atomic mass is 32.2. The molecule has 0 saturated carbocycles. The summed E-state index contributed by atoms with van der Waals surface area (Å²) in [6.07, 6.45) is 1.12. The molecule has 0 heterocycles. The maximum absolute atomic E-state index is 11.7. The molecule has 5 nitrogen and oxygen atoms in total. The summed E-state index contributed by atoms with van der Waals surface area (Å²) in [5.74, 6) is 0.225. The molecule has 2 aromatic carbocycles. The number of esters is 1. The minimum absolute atomic E-state index is 0.113. The predicted molar refractivity (Wildman–Crippen MR) is 77.4 cm³/mol. The molecule has 2 rings (SSSR count). The van der Waals surface area contributed by atoms with Crippen LogP contribution in [-0.4, -0.2) is 27.8 Å². The zero-order chi connectivity index (χ0) is 15.5. The van der Waals surface area contributed by atoms with Gasteiger partial charge in [-0.15, -0.1) is 0 Å². The fraction of sp³-hybridized carbons (Fsp3) is 0.133. The molecule has 0 atom stereocenters. The van der Waals surface area contributed by atoms with Gasteiger partial charge in [-0.25, -0.2) is 13.2 Å². The van der Waals surface area contributed by atoms with Crippen LogP contribution in [0.5, 0.6) is 11.5 Å². The lowest BCUT2D eigenvalue weighted by Crippen LogP contribution is -2.01. The Hall–Kier alpha value is -2.34. The number of carbonyl (C=O) groups is 1. The average Bonchev–Trinajstić information content (AvgIpc) is 2.47. The molecule has 0 saturated heterocycles. The van der Waals surface area contributed by atoms with E-state index in [1.54, 1.807) is 42.5 Å². The minimum Gasteiger partial charge on any atom is -0.465 e. The van der Waals surface area contributed by atoms with Crippen LogP contribution in [0.25, 0.3) is 0 Å². The average molecular weight is 306 g/mol. The maximum atomic E-state index is 11.7. The summed E-state index contributed by atoms with van der Waals surface area (Å²) >= 11 is 0. The molecule has 6 heteroatoms. The Labute approximate surface area is 123 Å². The largest absolute Gasteiger partial charge is 0.465 e. The number of ether oxygens (including phenoxy) is 2. The van der Waals surface area contributed by atoms with Crippen LogP contribution in [0, 0.1) is 0 Å². The van der Waals surface area contributed by atoms with Crippen molar-refractivity contribution in [2.45, 2.75) is 4.90 Å². The van der Waals surface area contributed by atoms with E-state index in [0.29, 0.717) is 11.3 Å². The summed E-state index contributed by atoms with van der Waals surface area (Å²) in [5, 5.41) is 0. The molecular formula is C15H14O5S. The molecule has 0 aliphatic rings. The van der Waals surface area contributed by atoms with Crippen molar-refractivity contribution in [1.82, 2.24) is 0 Å². The summed E-state index contributed by atoms with van der Waals surface area (Å²) in [7, 11) is -2.08. The van der Waals surface area contributed by atoms with Crippen molar-refractivity contribution in [3.8, 4) is 11.5 Å². The van der Waals surface area contributed by atoms with Gasteiger partial charge in [0.2, 0.25) is 0 Å². The third kappa shape index (κ3) is 3.61. The molecule has 21 heavy (non-hydrogen) atoms. The van der Waals surface area contributed by atoms with E-state index in [0.717, 1.165) is 6.26 Å². The normalized spacial score (nSPS) is 11.0. The van der Waals surface area contributed by atoms with Gasteiger partial charge in [0.05, 0.1) is 12.7 Å². The molecule has 0 N–H and O–H groups in total. The van der Waals surface area contributed by atoms with E-state index in [9.17, 15) is 13.2 Å². The first-order chi connectivity index (χ1) is 9.91. The minimum atomic E-state index is -3.38. The van der Waals surface area contributed by atoms with Gasteiger partial charge < -0.3 is 9.47 Å². The lowest BCUT2D eigenvalue weighted by atomic mass is 10.2. The fourth-order valence-corrected chi connectivity index (χ4v) is 2.55. The molecule has 0 aromatic heterocycles. The van der Waals surface area contributed by atoms with Gasteiger partial charge in [-0.1, -0.05) is 12.1 Å². The molecule has 0 aliphatic heterocycles. The zero-order valence-corrected chi connectivity index (χ0v) is 12.4. The highest BCUT2D eigenvalue weighted by molar-refractivity contribution is 7.90. The Morgan fingerprint density at radius 2 is 1.62 bits per heavy atom. The third-order valence-corrected chi connectivity index (χ3v) is 3.89. The van der Waals surface area contributed by atoms with Gasteiger partial charge >= 0.3 is 5.97 Å². The van der Waals surface area contributed by atoms with E-state index in [1.165, 1.54) is 13.2 Å². The molecule has 110 valence electrons. The van der Waals surface area contributed by atoms with E-state index < -0.39 is 15.8 Å². The molecule has 0 unspecified atom stereocenters. The lowest BCUT2D eigenvalue weighted by molar-refractivity contribution is 0.0600. The van der Waals surface area contributed by atoms with Crippen molar-refractivity contribution >= 4 is 15.8 Å². The molecule has 0 amide bonds. The van der Waals surface area contributed by atoms with Crippen LogP contribution in [0.1, 0.15) is 10.4 Å². The van der Waals surface area contributed by atoms with Gasteiger partial charge in [0.25, 0.3) is 0 Å². The number of para-hydroxylation sites is 1. The third-order valence-electron chi connectivity index (χ3n) is 2.75. The molecule has 0 bridgehead atoms. The highest BCUT2D eigenvalue weighted by Gasteiger charge is 2.14. The number of sulfone groups is 1. The number of hydrogen-bond donors (Lipinski definition) is 0. The molecule has 0 aliphatic carbocycles. The van der Waals surface area contributed by atoms with E-state index in [-0.39, 0.29) is 10.6 Å². The van der Waals surface area contributed by atoms with Crippen molar-refractivity contribution < 1.29 is 22.7 Å². The van der Waals surface area contributed by atoms with Gasteiger partial charge in [0.15, 0.2) is 9.84 Å². The van der Waals surface area contributed by atoms with Crippen LogP contribution in [0.3, 0.4) is 0 Å². The quantitative estimate of drug-likeness (QED) is 0.812. The van der Waals surface area contributed by atoms with Crippen molar-refractivity contribution in [1.29, 1.82) is 0 Å². The SMILES string of the molecule is COC(=O)c1ccc(Oc2ccccc2S(C)(=O)=O)cc1. The summed E-state index contributed by atoms with van der Waals surface area (Å²) in [5.41, 5.74) is 0.390. The number of benzene rings is 2. The Kier molecular flexibility index (Phi) is 4.28. The van der Waals surface area contributed by atoms with E-state index in [2.05, 4.69) is 4.74 Å². The smallest absolute Gasteiger partial charge is 0.337 e. The van der Waals surface area contributed by atoms with Gasteiger partial charge in [0.1, 0.15) is 16.4 Å². The second kappa shape index (κ2) is 5.97. The van der Waals surface area contributed by atoms with Gasteiger partial charge in [-0.05, 0) is 36.4 Å². The number of rotatable bonds is 4. The summed E-state index contributed by atoms with van der Waals surface area (Å²) < 4.78 is 33.5. The van der Waals surface area contributed by atoms with Crippen LogP contribution < -0.4 is 4.74 Å². The first-order valence-corrected chi connectivity index (χ1v) is 7.96. The van der Waals surface area contributed by atoms with Crippen molar-refractivity contribution in [2.24, 2.45) is 0 Å². The Balaban J connectivity index is 2.29.